The zero-order valence-electron chi connectivity index (χ0n) is 20.8. The van der Waals surface area contributed by atoms with Crippen LogP contribution in [-0.4, -0.2) is 69.3 Å². The summed E-state index contributed by atoms with van der Waals surface area (Å²) in [5, 5.41) is 10.8. The Hall–Kier alpha value is -3.44. The van der Waals surface area contributed by atoms with Gasteiger partial charge in [-0.3, -0.25) is 4.79 Å². The number of aromatic nitrogens is 2. The first-order chi connectivity index (χ1) is 16.8. The van der Waals surface area contributed by atoms with Gasteiger partial charge in [0.1, 0.15) is 32.8 Å². The standard InChI is InChI=1S/C25H28B2FN5O2/c1-13(2)33-21-16(23(34)19-15-5-4-14(12-29)10-17(15)30-24(19)33)11-18(35-3)22(20(21)28)31-6-8-32(9-7-31)25(26)27/h4-5,10-11,13,25,30H,6-9,26-27H2,1-3H3. The van der Waals surface area contributed by atoms with Crippen LogP contribution in [0.25, 0.3) is 32.8 Å². The number of anilines is 1. The number of halogens is 1. The van der Waals surface area contributed by atoms with Gasteiger partial charge in [-0.1, -0.05) is 6.07 Å². The van der Waals surface area contributed by atoms with Gasteiger partial charge >= 0.3 is 0 Å². The number of pyridine rings is 1. The lowest BCUT2D eigenvalue weighted by molar-refractivity contribution is 0.276. The van der Waals surface area contributed by atoms with E-state index in [4.69, 9.17) is 4.74 Å². The van der Waals surface area contributed by atoms with Gasteiger partial charge in [-0.05, 0) is 37.9 Å². The normalized spacial score (nSPS) is 15.1. The second-order valence-electron chi connectivity index (χ2n) is 9.77. The van der Waals surface area contributed by atoms with Crippen LogP contribution in [0.3, 0.4) is 0 Å². The molecule has 5 rings (SSSR count). The van der Waals surface area contributed by atoms with E-state index in [2.05, 4.69) is 31.6 Å². The van der Waals surface area contributed by atoms with Crippen LogP contribution in [-0.2, 0) is 0 Å². The lowest BCUT2D eigenvalue weighted by Crippen LogP contribution is -2.51. The Morgan fingerprint density at radius 1 is 1.14 bits per heavy atom. The van der Waals surface area contributed by atoms with Gasteiger partial charge in [-0.25, -0.2) is 4.39 Å². The third-order valence-electron chi connectivity index (χ3n) is 7.14. The Kier molecular flexibility index (Phi) is 5.76. The van der Waals surface area contributed by atoms with Crippen LogP contribution in [0.1, 0.15) is 25.5 Å². The van der Waals surface area contributed by atoms with Crippen LogP contribution < -0.4 is 15.1 Å². The third kappa shape index (κ3) is 3.57. The van der Waals surface area contributed by atoms with Crippen molar-refractivity contribution in [2.24, 2.45) is 0 Å². The Morgan fingerprint density at radius 2 is 1.86 bits per heavy atom. The summed E-state index contributed by atoms with van der Waals surface area (Å²) in [4.78, 5) is 21.5. The van der Waals surface area contributed by atoms with Gasteiger partial charge in [0.2, 0.25) is 0 Å². The van der Waals surface area contributed by atoms with Crippen molar-refractivity contribution >= 4 is 54.2 Å². The molecule has 2 aromatic carbocycles. The number of rotatable bonds is 4. The van der Waals surface area contributed by atoms with Gasteiger partial charge in [0.05, 0.1) is 35.0 Å². The molecule has 1 saturated heterocycles. The molecule has 4 aromatic rings. The average Bonchev–Trinajstić information content (AvgIpc) is 3.22. The van der Waals surface area contributed by atoms with Crippen LogP contribution in [0, 0.1) is 17.1 Å². The zero-order valence-corrected chi connectivity index (χ0v) is 20.8. The molecule has 1 aliphatic rings. The topological polar surface area (TPSA) is 77.3 Å². The summed E-state index contributed by atoms with van der Waals surface area (Å²) in [6.45, 7) is 6.96. The van der Waals surface area contributed by atoms with Crippen LogP contribution >= 0.6 is 0 Å². The monoisotopic (exact) mass is 471 g/mol. The minimum atomic E-state index is -0.443. The number of piperazine rings is 1. The second-order valence-corrected chi connectivity index (χ2v) is 9.77. The molecular weight excluding hydrogens is 443 g/mol. The summed E-state index contributed by atoms with van der Waals surface area (Å²) in [5.74, 6) is 0.358. The number of hydrogen-bond acceptors (Lipinski definition) is 5. The molecule has 0 saturated carbocycles. The quantitative estimate of drug-likeness (QED) is 0.461. The summed E-state index contributed by atoms with van der Waals surface area (Å²) < 4.78 is 24.0. The number of nitriles is 1. The molecule has 3 heterocycles. The van der Waals surface area contributed by atoms with Crippen molar-refractivity contribution in [2.75, 3.05) is 38.2 Å². The summed E-state index contributed by atoms with van der Waals surface area (Å²) >= 11 is 0. The highest BCUT2D eigenvalue weighted by molar-refractivity contribution is 6.35. The molecule has 0 amide bonds. The lowest BCUT2D eigenvalue weighted by Gasteiger charge is -2.39. The van der Waals surface area contributed by atoms with Gasteiger partial charge in [0.15, 0.2) is 11.2 Å². The predicted molar refractivity (Wildman–Crippen MR) is 144 cm³/mol. The van der Waals surface area contributed by atoms with Crippen molar-refractivity contribution in [1.82, 2.24) is 14.5 Å². The lowest BCUT2D eigenvalue weighted by atomic mass is 9.77. The molecule has 10 heteroatoms. The minimum absolute atomic E-state index is 0.127. The number of nitrogens with one attached hydrogen (secondary N) is 1. The number of aromatic amines is 1. The maximum absolute atomic E-state index is 16.5. The number of fused-ring (bicyclic) bond motifs is 4. The fraction of sp³-hybridized carbons (Fsp3) is 0.360. The van der Waals surface area contributed by atoms with Gasteiger partial charge in [0, 0.05) is 43.1 Å². The van der Waals surface area contributed by atoms with Crippen molar-refractivity contribution in [1.29, 1.82) is 5.26 Å². The molecule has 1 N–H and O–H groups in total. The van der Waals surface area contributed by atoms with Gasteiger partial charge in [-0.2, -0.15) is 5.26 Å². The molecule has 0 atom stereocenters. The smallest absolute Gasteiger partial charge is 0.199 e. The van der Waals surface area contributed by atoms with Crippen molar-refractivity contribution in [3.63, 3.8) is 0 Å². The van der Waals surface area contributed by atoms with E-state index in [1.165, 1.54) is 7.11 Å². The predicted octanol–water partition coefficient (Wildman–Crippen LogP) is 1.91. The number of nitrogens with zero attached hydrogens (tertiary/aromatic N) is 4. The Bertz CT molecular complexity index is 1560. The van der Waals surface area contributed by atoms with Gasteiger partial charge < -0.3 is 24.1 Å². The fourth-order valence-corrected chi connectivity index (χ4v) is 5.35. The average molecular weight is 471 g/mol. The van der Waals surface area contributed by atoms with Crippen molar-refractivity contribution in [2.45, 2.75) is 25.7 Å². The van der Waals surface area contributed by atoms with Crippen molar-refractivity contribution in [3.05, 3.63) is 45.9 Å². The summed E-state index contributed by atoms with van der Waals surface area (Å²) in [6.07, 6.45) is 0. The maximum atomic E-state index is 16.5. The van der Waals surface area contributed by atoms with Crippen LogP contribution in [0.4, 0.5) is 10.1 Å². The molecule has 1 aliphatic heterocycles. The largest absolute Gasteiger partial charge is 0.494 e. The molecule has 7 nitrogen and oxygen atoms in total. The van der Waals surface area contributed by atoms with Crippen molar-refractivity contribution in [3.8, 4) is 11.8 Å². The first kappa shape index (κ1) is 23.3. The molecular formula is C25H28B2FN5O2. The molecule has 0 spiro atoms. The molecule has 178 valence electrons. The summed E-state index contributed by atoms with van der Waals surface area (Å²) in [7, 11) is 5.85. The minimum Gasteiger partial charge on any atom is -0.494 e. The highest BCUT2D eigenvalue weighted by Gasteiger charge is 2.29. The Labute approximate surface area is 204 Å². The first-order valence-corrected chi connectivity index (χ1v) is 12.1. The van der Waals surface area contributed by atoms with E-state index in [1.807, 2.05) is 23.3 Å². The van der Waals surface area contributed by atoms with E-state index >= 15 is 4.39 Å². The number of ether oxygens (including phenoxy) is 1. The molecule has 1 fully saturated rings. The SMILES string of the molecule is BC(B)N1CCN(c2c(OC)cc3c(=O)c4c5ccc(C#N)cc5[nH]c4n(C(C)C)c3c2F)CC1. The highest BCUT2D eigenvalue weighted by atomic mass is 19.1. The Balaban J connectivity index is 1.83. The highest BCUT2D eigenvalue weighted by Crippen LogP contribution is 2.39. The Morgan fingerprint density at radius 3 is 2.46 bits per heavy atom. The number of H-pyrrole nitrogens is 1. The summed E-state index contributed by atoms with van der Waals surface area (Å²) in [6, 6.07) is 8.89. The third-order valence-corrected chi connectivity index (χ3v) is 7.14. The van der Waals surface area contributed by atoms with Crippen LogP contribution in [0.5, 0.6) is 5.75 Å². The second kappa shape index (κ2) is 8.65. The van der Waals surface area contributed by atoms with E-state index in [0.29, 0.717) is 57.9 Å². The molecule has 0 radical (unpaired) electrons. The number of benzene rings is 2. The molecule has 35 heavy (non-hydrogen) atoms. The number of methoxy groups -OCH3 is 1. The molecule has 0 unspecified atom stereocenters. The van der Waals surface area contributed by atoms with Crippen LogP contribution in [0.2, 0.25) is 0 Å². The first-order valence-electron chi connectivity index (χ1n) is 12.1. The molecule has 2 aromatic heterocycles. The van der Waals surface area contributed by atoms with Crippen LogP contribution in [0.15, 0.2) is 29.1 Å². The van der Waals surface area contributed by atoms with E-state index in [-0.39, 0.29) is 22.4 Å². The van der Waals surface area contributed by atoms with Crippen molar-refractivity contribution < 1.29 is 9.13 Å². The fourth-order valence-electron chi connectivity index (χ4n) is 5.35. The zero-order chi connectivity index (χ0) is 25.0. The number of hydrogen-bond donors (Lipinski definition) is 1. The van der Waals surface area contributed by atoms with Gasteiger partial charge in [-0.15, -0.1) is 0 Å². The molecule has 0 aliphatic carbocycles. The van der Waals surface area contributed by atoms with E-state index in [1.54, 1.807) is 24.3 Å². The van der Waals surface area contributed by atoms with E-state index in [9.17, 15) is 10.1 Å². The maximum Gasteiger partial charge on any atom is 0.199 e. The molecule has 0 bridgehead atoms. The van der Waals surface area contributed by atoms with Gasteiger partial charge in [0.25, 0.3) is 0 Å². The summed E-state index contributed by atoms with van der Waals surface area (Å²) in [5.41, 5.74) is 2.15. The van der Waals surface area contributed by atoms with E-state index < -0.39 is 5.82 Å². The van der Waals surface area contributed by atoms with E-state index in [0.717, 1.165) is 13.1 Å².